The molecule has 1 aliphatic heterocycles. The van der Waals surface area contributed by atoms with Crippen LogP contribution < -0.4 is 0 Å². The predicted molar refractivity (Wildman–Crippen MR) is 110 cm³/mol. The Balaban J connectivity index is 1.44. The van der Waals surface area contributed by atoms with Gasteiger partial charge in [-0.2, -0.15) is 5.10 Å². The molecule has 0 N–H and O–H groups in total. The summed E-state index contributed by atoms with van der Waals surface area (Å²) >= 11 is 1.32. The second-order valence-corrected chi connectivity index (χ2v) is 8.53. The first-order chi connectivity index (χ1) is 13.9. The maximum atomic E-state index is 12.9. The summed E-state index contributed by atoms with van der Waals surface area (Å²) in [6.45, 7) is 7.43. The summed E-state index contributed by atoms with van der Waals surface area (Å²) in [6, 6.07) is 1.91. The normalized spacial score (nSPS) is 17.1. The van der Waals surface area contributed by atoms with Gasteiger partial charge in [0.05, 0.1) is 17.1 Å². The van der Waals surface area contributed by atoms with E-state index in [0.29, 0.717) is 18.7 Å². The Labute approximate surface area is 174 Å². The summed E-state index contributed by atoms with van der Waals surface area (Å²) in [6.07, 6.45) is 3.19. The number of piperidine rings is 1. The monoisotopic (exact) mass is 414 g/mol. The average molecular weight is 415 g/mol. The molecule has 4 heterocycles. The van der Waals surface area contributed by atoms with Crippen molar-refractivity contribution >= 4 is 17.4 Å². The van der Waals surface area contributed by atoms with Gasteiger partial charge in [-0.05, 0) is 57.1 Å². The molecule has 8 nitrogen and oxygen atoms in total. The highest BCUT2D eigenvalue weighted by Crippen LogP contribution is 2.35. The third kappa shape index (κ3) is 3.96. The summed E-state index contributed by atoms with van der Waals surface area (Å²) in [5.74, 6) is 1.07. The smallest absolute Gasteiger partial charge is 0.222 e. The number of likely N-dealkylation sites (tertiary alicyclic amines) is 1. The minimum Gasteiger partial charge on any atom is -0.355 e. The third-order valence-corrected chi connectivity index (χ3v) is 6.53. The van der Waals surface area contributed by atoms with Crippen molar-refractivity contribution in [1.29, 1.82) is 0 Å². The lowest BCUT2D eigenvalue weighted by molar-refractivity contribution is -0.132. The van der Waals surface area contributed by atoms with Crippen LogP contribution in [0.2, 0.25) is 0 Å². The first-order valence-electron chi connectivity index (χ1n) is 9.96. The minimum atomic E-state index is 0.175. The molecule has 1 aliphatic rings. The van der Waals surface area contributed by atoms with Gasteiger partial charge in [-0.1, -0.05) is 9.64 Å². The maximum absolute atomic E-state index is 12.9. The van der Waals surface area contributed by atoms with Gasteiger partial charge >= 0.3 is 0 Å². The number of rotatable bonds is 5. The van der Waals surface area contributed by atoms with Crippen LogP contribution in [0.25, 0.3) is 10.6 Å². The fraction of sp³-hybridized carbons (Fsp3) is 0.550. The molecule has 1 atom stereocenters. The van der Waals surface area contributed by atoms with Crippen molar-refractivity contribution in [1.82, 2.24) is 29.4 Å². The molecule has 154 valence electrons. The Kier molecular flexibility index (Phi) is 5.49. The van der Waals surface area contributed by atoms with Crippen LogP contribution >= 0.6 is 11.5 Å². The van der Waals surface area contributed by atoms with Gasteiger partial charge in [0.2, 0.25) is 5.91 Å². The Morgan fingerprint density at radius 1 is 1.34 bits per heavy atom. The van der Waals surface area contributed by atoms with Crippen molar-refractivity contribution in [2.75, 3.05) is 13.1 Å². The zero-order valence-electron chi connectivity index (χ0n) is 17.3. The molecule has 1 saturated heterocycles. The van der Waals surface area contributed by atoms with E-state index in [9.17, 15) is 4.79 Å². The van der Waals surface area contributed by atoms with E-state index in [-0.39, 0.29) is 11.8 Å². The molecule has 0 aliphatic carbocycles. The molecule has 3 aromatic rings. The van der Waals surface area contributed by atoms with Crippen LogP contribution in [0.15, 0.2) is 10.6 Å². The van der Waals surface area contributed by atoms with E-state index in [4.69, 9.17) is 4.52 Å². The third-order valence-electron chi connectivity index (χ3n) is 5.77. The van der Waals surface area contributed by atoms with Gasteiger partial charge < -0.3 is 9.42 Å². The molecule has 29 heavy (non-hydrogen) atoms. The highest BCUT2D eigenvalue weighted by Gasteiger charge is 2.30. The van der Waals surface area contributed by atoms with Crippen molar-refractivity contribution in [2.45, 2.75) is 52.4 Å². The lowest BCUT2D eigenvalue weighted by atomic mass is 9.93. The maximum Gasteiger partial charge on any atom is 0.222 e. The number of hydrogen-bond donors (Lipinski definition) is 0. The molecular weight excluding hydrogens is 388 g/mol. The largest absolute Gasteiger partial charge is 0.355 e. The van der Waals surface area contributed by atoms with E-state index < -0.39 is 0 Å². The lowest BCUT2D eigenvalue weighted by Gasteiger charge is -2.32. The first kappa shape index (κ1) is 19.8. The number of carbonyl (C=O) groups excluding carboxylic acids is 1. The summed E-state index contributed by atoms with van der Waals surface area (Å²) in [4.78, 5) is 15.8. The molecule has 0 bridgehead atoms. The van der Waals surface area contributed by atoms with E-state index in [1.54, 1.807) is 0 Å². The lowest BCUT2D eigenvalue weighted by Crippen LogP contribution is -2.39. The van der Waals surface area contributed by atoms with Gasteiger partial charge in [0.1, 0.15) is 4.88 Å². The van der Waals surface area contributed by atoms with Gasteiger partial charge in [0.25, 0.3) is 0 Å². The summed E-state index contributed by atoms with van der Waals surface area (Å²) in [5.41, 5.74) is 5.08. The number of aryl methyl sites for hydroxylation is 3. The Bertz CT molecular complexity index is 1020. The van der Waals surface area contributed by atoms with Crippen molar-refractivity contribution < 1.29 is 9.32 Å². The molecule has 1 fully saturated rings. The van der Waals surface area contributed by atoms with Gasteiger partial charge in [-0.3, -0.25) is 9.48 Å². The van der Waals surface area contributed by atoms with Gasteiger partial charge in [0.15, 0.2) is 5.76 Å². The number of nitrogens with zero attached hydrogens (tertiary/aromatic N) is 6. The molecule has 0 spiro atoms. The van der Waals surface area contributed by atoms with Crippen LogP contribution in [0.4, 0.5) is 0 Å². The van der Waals surface area contributed by atoms with E-state index in [2.05, 4.69) is 26.8 Å². The van der Waals surface area contributed by atoms with Crippen molar-refractivity contribution in [3.63, 3.8) is 0 Å². The SMILES string of the molecule is Cc1cc(-c2snnc2C2CCCN(C(=O)CCc3c(C)nn(C)c3C)C2)on1. The topological polar surface area (TPSA) is 89.9 Å². The molecule has 9 heteroatoms. The fourth-order valence-electron chi connectivity index (χ4n) is 4.10. The first-order valence-corrected chi connectivity index (χ1v) is 10.7. The molecule has 0 saturated carbocycles. The fourth-order valence-corrected chi connectivity index (χ4v) is 4.80. The summed E-state index contributed by atoms with van der Waals surface area (Å²) in [7, 11) is 1.94. The highest BCUT2D eigenvalue weighted by molar-refractivity contribution is 7.09. The Morgan fingerprint density at radius 2 is 2.17 bits per heavy atom. The van der Waals surface area contributed by atoms with Crippen LogP contribution in [-0.2, 0) is 18.3 Å². The second kappa shape index (κ2) is 8.06. The molecule has 4 rings (SSSR count). The highest BCUT2D eigenvalue weighted by atomic mass is 32.1. The van der Waals surface area contributed by atoms with Crippen LogP contribution in [-0.4, -0.2) is 48.4 Å². The van der Waals surface area contributed by atoms with Crippen LogP contribution in [0, 0.1) is 20.8 Å². The van der Waals surface area contributed by atoms with Crippen molar-refractivity contribution in [3.05, 3.63) is 34.4 Å². The molecule has 0 aromatic carbocycles. The van der Waals surface area contributed by atoms with Gasteiger partial charge in [0, 0.05) is 44.2 Å². The Morgan fingerprint density at radius 3 is 2.86 bits per heavy atom. The zero-order valence-corrected chi connectivity index (χ0v) is 18.1. The molecular formula is C20H26N6O2S. The van der Waals surface area contributed by atoms with Crippen LogP contribution in [0.1, 0.15) is 53.5 Å². The van der Waals surface area contributed by atoms with Gasteiger partial charge in [-0.25, -0.2) is 0 Å². The number of carbonyl (C=O) groups is 1. The molecule has 1 unspecified atom stereocenters. The summed E-state index contributed by atoms with van der Waals surface area (Å²) < 4.78 is 11.4. The predicted octanol–water partition coefficient (Wildman–Crippen LogP) is 3.19. The van der Waals surface area contributed by atoms with Crippen LogP contribution in [0.5, 0.6) is 0 Å². The van der Waals surface area contributed by atoms with E-state index in [1.807, 2.05) is 36.5 Å². The number of aromatic nitrogens is 5. The van der Waals surface area contributed by atoms with Crippen molar-refractivity contribution in [3.8, 4) is 10.6 Å². The minimum absolute atomic E-state index is 0.175. The average Bonchev–Trinajstić information content (AvgIpc) is 3.41. The quantitative estimate of drug-likeness (QED) is 0.637. The second-order valence-electron chi connectivity index (χ2n) is 7.77. The molecule has 3 aromatic heterocycles. The zero-order chi connectivity index (χ0) is 20.5. The standard InChI is InChI=1S/C20H26N6O2S/c1-12-10-17(28-23-12)20-19(21-24-29-20)15-6-5-9-26(11-15)18(27)8-7-16-13(2)22-25(4)14(16)3/h10,15H,5-9,11H2,1-4H3. The Hall–Kier alpha value is -2.55. The summed E-state index contributed by atoms with van der Waals surface area (Å²) in [5, 5.41) is 12.8. The number of amides is 1. The van der Waals surface area contributed by atoms with E-state index in [1.165, 1.54) is 17.1 Å². The van der Waals surface area contributed by atoms with Crippen molar-refractivity contribution in [2.24, 2.45) is 7.05 Å². The van der Waals surface area contributed by atoms with E-state index >= 15 is 0 Å². The molecule has 0 radical (unpaired) electrons. The number of hydrogen-bond acceptors (Lipinski definition) is 7. The van der Waals surface area contributed by atoms with Gasteiger partial charge in [-0.15, -0.1) is 5.10 Å². The van der Waals surface area contributed by atoms with E-state index in [0.717, 1.165) is 53.5 Å². The van der Waals surface area contributed by atoms with Crippen LogP contribution in [0.3, 0.4) is 0 Å². The molecule has 1 amide bonds.